The first kappa shape index (κ1) is 14.5. The van der Waals surface area contributed by atoms with Crippen LogP contribution in [0.15, 0.2) is 12.1 Å². The van der Waals surface area contributed by atoms with Crippen LogP contribution in [-0.2, 0) is 4.79 Å². The fraction of sp³-hybridized carbons (Fsp3) is 0.500. The Balaban J connectivity index is 2.73. The number of ether oxygens (including phenoxy) is 1. The van der Waals surface area contributed by atoms with Crippen molar-refractivity contribution in [2.75, 3.05) is 12.4 Å². The summed E-state index contributed by atoms with van der Waals surface area (Å²) in [4.78, 5) is 11.7. The smallest absolute Gasteiger partial charge is 0.224 e. The molecule has 0 fully saturated rings. The van der Waals surface area contributed by atoms with Crippen molar-refractivity contribution in [1.29, 1.82) is 0 Å². The van der Waals surface area contributed by atoms with Gasteiger partial charge in [0.2, 0.25) is 5.91 Å². The van der Waals surface area contributed by atoms with Gasteiger partial charge in [0.05, 0.1) is 7.11 Å². The zero-order chi connectivity index (χ0) is 13.7. The lowest BCUT2D eigenvalue weighted by atomic mass is 10.1. The molecule has 0 aliphatic heterocycles. The van der Waals surface area contributed by atoms with E-state index in [4.69, 9.17) is 10.5 Å². The third kappa shape index (κ3) is 3.74. The molecule has 0 saturated carbocycles. The minimum atomic E-state index is -0.0000307. The molecule has 0 spiro atoms. The number of hydrogen-bond donors (Lipinski definition) is 2. The number of methoxy groups -OCH3 is 1. The number of benzene rings is 1. The van der Waals surface area contributed by atoms with E-state index in [1.807, 2.05) is 32.9 Å². The average molecular weight is 250 g/mol. The Labute approximate surface area is 109 Å². The van der Waals surface area contributed by atoms with Gasteiger partial charge in [-0.25, -0.2) is 0 Å². The number of nitrogens with one attached hydrogen (secondary N) is 1. The molecule has 0 bridgehead atoms. The van der Waals surface area contributed by atoms with Gasteiger partial charge in [-0.3, -0.25) is 4.79 Å². The standard InChI is InChI=1S/C14H22N2O2/c1-9(15)5-8-14(17)16-12-6-7-13(18-4)11(3)10(12)2/h6-7,9H,5,8,15H2,1-4H3,(H,16,17). The van der Waals surface area contributed by atoms with Crippen molar-refractivity contribution in [2.24, 2.45) is 5.73 Å². The van der Waals surface area contributed by atoms with Crippen molar-refractivity contribution in [3.05, 3.63) is 23.3 Å². The van der Waals surface area contributed by atoms with Gasteiger partial charge in [0.25, 0.3) is 0 Å². The molecule has 0 saturated heterocycles. The summed E-state index contributed by atoms with van der Waals surface area (Å²) >= 11 is 0. The third-order valence-electron chi connectivity index (χ3n) is 3.06. The molecule has 0 aliphatic carbocycles. The highest BCUT2D eigenvalue weighted by Crippen LogP contribution is 2.27. The predicted octanol–water partition coefficient (Wildman–Crippen LogP) is 2.38. The van der Waals surface area contributed by atoms with Crippen LogP contribution >= 0.6 is 0 Å². The van der Waals surface area contributed by atoms with E-state index < -0.39 is 0 Å². The second-order valence-electron chi connectivity index (χ2n) is 4.63. The highest BCUT2D eigenvalue weighted by molar-refractivity contribution is 5.91. The number of rotatable bonds is 5. The number of carbonyl (C=O) groups excluding carboxylic acids is 1. The minimum Gasteiger partial charge on any atom is -0.496 e. The maximum atomic E-state index is 11.7. The minimum absolute atomic E-state index is 0.0000307. The number of amides is 1. The monoisotopic (exact) mass is 250 g/mol. The summed E-state index contributed by atoms with van der Waals surface area (Å²) in [6.07, 6.45) is 1.14. The van der Waals surface area contributed by atoms with Crippen LogP contribution in [0, 0.1) is 13.8 Å². The van der Waals surface area contributed by atoms with Crippen molar-refractivity contribution in [1.82, 2.24) is 0 Å². The van der Waals surface area contributed by atoms with Crippen LogP contribution in [0.1, 0.15) is 30.9 Å². The van der Waals surface area contributed by atoms with Crippen LogP contribution in [0.3, 0.4) is 0 Å². The highest BCUT2D eigenvalue weighted by Gasteiger charge is 2.09. The first-order valence-corrected chi connectivity index (χ1v) is 6.15. The normalized spacial score (nSPS) is 12.1. The van der Waals surface area contributed by atoms with Gasteiger partial charge in [0.15, 0.2) is 0 Å². The Kier molecular flexibility index (Phi) is 5.16. The maximum Gasteiger partial charge on any atom is 0.224 e. The van der Waals surface area contributed by atoms with E-state index >= 15 is 0 Å². The molecule has 4 heteroatoms. The lowest BCUT2D eigenvalue weighted by Gasteiger charge is -2.13. The molecule has 0 heterocycles. The van der Waals surface area contributed by atoms with Crippen molar-refractivity contribution in [3.8, 4) is 5.75 Å². The van der Waals surface area contributed by atoms with E-state index in [9.17, 15) is 4.79 Å². The molecule has 1 unspecified atom stereocenters. The number of hydrogen-bond acceptors (Lipinski definition) is 3. The van der Waals surface area contributed by atoms with Crippen molar-refractivity contribution in [3.63, 3.8) is 0 Å². The first-order chi connectivity index (χ1) is 8.45. The van der Waals surface area contributed by atoms with Gasteiger partial charge >= 0.3 is 0 Å². The first-order valence-electron chi connectivity index (χ1n) is 6.15. The molecule has 0 radical (unpaired) electrons. The van der Waals surface area contributed by atoms with Crippen LogP contribution in [0.2, 0.25) is 0 Å². The zero-order valence-electron chi connectivity index (χ0n) is 11.5. The molecule has 1 aromatic carbocycles. The molecule has 3 N–H and O–H groups in total. The number of carbonyl (C=O) groups is 1. The molecule has 18 heavy (non-hydrogen) atoms. The van der Waals surface area contributed by atoms with Crippen molar-refractivity contribution in [2.45, 2.75) is 39.7 Å². The van der Waals surface area contributed by atoms with E-state index in [-0.39, 0.29) is 11.9 Å². The maximum absolute atomic E-state index is 11.7. The van der Waals surface area contributed by atoms with Gasteiger partial charge in [0.1, 0.15) is 5.75 Å². The molecule has 0 aromatic heterocycles. The Morgan fingerprint density at radius 3 is 2.61 bits per heavy atom. The van der Waals surface area contributed by atoms with Gasteiger partial charge in [-0.15, -0.1) is 0 Å². The quantitative estimate of drug-likeness (QED) is 0.843. The van der Waals surface area contributed by atoms with Gasteiger partial charge in [-0.1, -0.05) is 0 Å². The lowest BCUT2D eigenvalue weighted by molar-refractivity contribution is -0.116. The summed E-state index contributed by atoms with van der Waals surface area (Å²) in [5, 5.41) is 2.91. The predicted molar refractivity (Wildman–Crippen MR) is 74.0 cm³/mol. The van der Waals surface area contributed by atoms with Crippen LogP contribution in [0.25, 0.3) is 0 Å². The van der Waals surface area contributed by atoms with Crippen molar-refractivity contribution >= 4 is 11.6 Å². The molecular formula is C14H22N2O2. The van der Waals surface area contributed by atoms with Crippen LogP contribution < -0.4 is 15.8 Å². The molecule has 100 valence electrons. The molecule has 1 amide bonds. The van der Waals surface area contributed by atoms with E-state index in [0.717, 1.165) is 22.6 Å². The highest BCUT2D eigenvalue weighted by atomic mass is 16.5. The summed E-state index contributed by atoms with van der Waals surface area (Å²) in [5.74, 6) is 0.834. The Morgan fingerprint density at radius 1 is 1.39 bits per heavy atom. The number of anilines is 1. The van der Waals surface area contributed by atoms with Gasteiger partial charge in [0, 0.05) is 18.2 Å². The summed E-state index contributed by atoms with van der Waals surface area (Å²) in [5.41, 5.74) is 8.54. The van der Waals surface area contributed by atoms with E-state index in [1.165, 1.54) is 0 Å². The van der Waals surface area contributed by atoms with Gasteiger partial charge in [-0.05, 0) is 50.5 Å². The molecule has 4 nitrogen and oxygen atoms in total. The fourth-order valence-corrected chi connectivity index (χ4v) is 1.72. The zero-order valence-corrected chi connectivity index (χ0v) is 11.5. The van der Waals surface area contributed by atoms with Crippen molar-refractivity contribution < 1.29 is 9.53 Å². The molecule has 1 aromatic rings. The molecule has 1 rings (SSSR count). The third-order valence-corrected chi connectivity index (χ3v) is 3.06. The summed E-state index contributed by atoms with van der Waals surface area (Å²) in [6.45, 7) is 5.85. The summed E-state index contributed by atoms with van der Waals surface area (Å²) < 4.78 is 5.24. The molecule has 0 aliphatic rings. The van der Waals surface area contributed by atoms with Crippen LogP contribution in [0.5, 0.6) is 5.75 Å². The van der Waals surface area contributed by atoms with Crippen LogP contribution in [0.4, 0.5) is 5.69 Å². The Morgan fingerprint density at radius 2 is 2.06 bits per heavy atom. The topological polar surface area (TPSA) is 64.3 Å². The van der Waals surface area contributed by atoms with Gasteiger partial charge in [-0.2, -0.15) is 0 Å². The molecule has 1 atom stereocenters. The summed E-state index contributed by atoms with van der Waals surface area (Å²) in [6, 6.07) is 3.78. The second kappa shape index (κ2) is 6.40. The van der Waals surface area contributed by atoms with Crippen LogP contribution in [-0.4, -0.2) is 19.1 Å². The molecular weight excluding hydrogens is 228 g/mol. The van der Waals surface area contributed by atoms with E-state index in [2.05, 4.69) is 5.32 Å². The second-order valence-corrected chi connectivity index (χ2v) is 4.63. The fourth-order valence-electron chi connectivity index (χ4n) is 1.72. The van der Waals surface area contributed by atoms with E-state index in [1.54, 1.807) is 7.11 Å². The largest absolute Gasteiger partial charge is 0.496 e. The Bertz CT molecular complexity index is 428. The SMILES string of the molecule is COc1ccc(NC(=O)CCC(C)N)c(C)c1C. The van der Waals surface area contributed by atoms with Gasteiger partial charge < -0.3 is 15.8 Å². The number of nitrogens with two attached hydrogens (primary N) is 1. The summed E-state index contributed by atoms with van der Waals surface area (Å²) in [7, 11) is 1.64. The Hall–Kier alpha value is -1.55. The lowest BCUT2D eigenvalue weighted by Crippen LogP contribution is -2.19. The average Bonchev–Trinajstić information content (AvgIpc) is 2.33. The van der Waals surface area contributed by atoms with E-state index in [0.29, 0.717) is 12.8 Å².